The summed E-state index contributed by atoms with van der Waals surface area (Å²) in [7, 11) is -1.09. The second-order valence-electron chi connectivity index (χ2n) is 9.15. The number of sulfonamides is 1. The molecule has 3 heterocycles. The van der Waals surface area contributed by atoms with Gasteiger partial charge in [-0.2, -0.15) is 9.97 Å². The average molecular weight is 525 g/mol. The first-order valence-electron chi connectivity index (χ1n) is 10.7. The van der Waals surface area contributed by atoms with Gasteiger partial charge in [0.05, 0.1) is 24.5 Å². The highest BCUT2D eigenvalue weighted by atomic mass is 35.5. The van der Waals surface area contributed by atoms with Crippen molar-refractivity contribution >= 4 is 27.6 Å². The minimum Gasteiger partial charge on any atom is -0.479 e. The molecule has 0 saturated carbocycles. The third kappa shape index (κ3) is 5.96. The third-order valence-corrected chi connectivity index (χ3v) is 7.31. The second kappa shape index (κ2) is 10.3. The highest BCUT2D eigenvalue weighted by Crippen LogP contribution is 2.34. The van der Waals surface area contributed by atoms with Gasteiger partial charge in [0.2, 0.25) is 27.7 Å². The van der Waals surface area contributed by atoms with Crippen LogP contribution in [0.4, 0.5) is 5.95 Å². The molecule has 0 aliphatic heterocycles. The maximum atomic E-state index is 13.4. The Bertz CT molecular complexity index is 1250. The summed E-state index contributed by atoms with van der Waals surface area (Å²) in [6, 6.07) is 0. The molecule has 0 aromatic carbocycles. The molecule has 0 amide bonds. The fourth-order valence-electron chi connectivity index (χ4n) is 3.30. The minimum atomic E-state index is -3.98. The molecule has 0 saturated heterocycles. The van der Waals surface area contributed by atoms with E-state index in [9.17, 15) is 8.42 Å². The van der Waals surface area contributed by atoms with Crippen molar-refractivity contribution in [2.24, 2.45) is 5.41 Å². The lowest BCUT2D eigenvalue weighted by Crippen LogP contribution is -2.31. The summed E-state index contributed by atoms with van der Waals surface area (Å²) in [5, 5.41) is 7.85. The molecule has 3 aromatic heterocycles. The normalized spacial score (nSPS) is 13.8. The molecule has 3 aromatic rings. The summed E-state index contributed by atoms with van der Waals surface area (Å²) in [4.78, 5) is 16.6. The molecule has 190 valence electrons. The first-order valence-corrected chi connectivity index (χ1v) is 12.7. The van der Waals surface area contributed by atoms with Gasteiger partial charge >= 0.3 is 0 Å². The van der Waals surface area contributed by atoms with Crippen molar-refractivity contribution in [1.82, 2.24) is 34.7 Å². The second-order valence-corrected chi connectivity index (χ2v) is 11.6. The zero-order valence-electron chi connectivity index (χ0n) is 20.6. The van der Waals surface area contributed by atoms with Crippen LogP contribution in [-0.2, 0) is 16.4 Å². The van der Waals surface area contributed by atoms with Crippen molar-refractivity contribution in [2.45, 2.75) is 52.2 Å². The predicted octanol–water partition coefficient (Wildman–Crippen LogP) is 3.04. The molecule has 0 spiro atoms. The molecule has 14 heteroatoms. The lowest BCUT2D eigenvalue weighted by molar-refractivity contribution is 0.364. The van der Waals surface area contributed by atoms with Gasteiger partial charge in [0.15, 0.2) is 5.69 Å². The number of hydrogen-bond donors (Lipinski definition) is 1. The molecule has 2 unspecified atom stereocenters. The largest absolute Gasteiger partial charge is 0.479 e. The van der Waals surface area contributed by atoms with Crippen LogP contribution in [0.25, 0.3) is 5.69 Å². The van der Waals surface area contributed by atoms with Crippen molar-refractivity contribution in [3.8, 4) is 17.4 Å². The first-order chi connectivity index (χ1) is 16.4. The molecule has 2 atom stereocenters. The molecule has 0 fully saturated rings. The van der Waals surface area contributed by atoms with Gasteiger partial charge in [-0.05, 0) is 12.3 Å². The molecule has 0 bridgehead atoms. The summed E-state index contributed by atoms with van der Waals surface area (Å²) in [5.74, 6) is 0.572. The highest BCUT2D eigenvalue weighted by molar-refractivity contribution is 7.93. The van der Waals surface area contributed by atoms with Gasteiger partial charge in [-0.3, -0.25) is 9.29 Å². The number of rotatable bonds is 9. The Morgan fingerprint density at radius 1 is 1.03 bits per heavy atom. The van der Waals surface area contributed by atoms with Gasteiger partial charge in [0.1, 0.15) is 18.0 Å². The molecule has 1 N–H and O–H groups in total. The topological polar surface area (TPSA) is 147 Å². The number of nitrogens with zero attached hydrogens (tertiary/aromatic N) is 7. The van der Waals surface area contributed by atoms with Crippen molar-refractivity contribution in [3.05, 3.63) is 35.4 Å². The van der Waals surface area contributed by atoms with Crippen molar-refractivity contribution in [1.29, 1.82) is 0 Å². The van der Waals surface area contributed by atoms with Crippen molar-refractivity contribution < 1.29 is 17.9 Å². The fourth-order valence-corrected chi connectivity index (χ4v) is 4.63. The number of nitrogens with one attached hydrogen (secondary N) is 1. The number of hydrogen-bond acceptors (Lipinski definition) is 10. The van der Waals surface area contributed by atoms with E-state index < -0.39 is 21.2 Å². The molecule has 12 nitrogen and oxygen atoms in total. The number of halogens is 1. The number of methoxy groups -OCH3 is 2. The summed E-state index contributed by atoms with van der Waals surface area (Å²) in [5.41, 5.74) is 0.0892. The fraction of sp³-hybridized carbons (Fsp3) is 0.524. The summed E-state index contributed by atoms with van der Waals surface area (Å²) in [6.07, 6.45) is 4.61. The van der Waals surface area contributed by atoms with Gasteiger partial charge in [-0.15, -0.1) is 10.2 Å². The molecular formula is C21H29ClN8O4S. The zero-order valence-corrected chi connectivity index (χ0v) is 22.2. The SMILES string of the molecule is COc1ncnc(OC)c1-n1c(CC(C)(C)C)nnc1NS(=O)(=O)C(C)C(C)c1ncc(Cl)cn1. The van der Waals surface area contributed by atoms with Crippen LogP contribution in [0.1, 0.15) is 52.2 Å². The van der Waals surface area contributed by atoms with E-state index in [-0.39, 0.29) is 28.8 Å². The molecular weight excluding hydrogens is 496 g/mol. The van der Waals surface area contributed by atoms with Gasteiger partial charge < -0.3 is 9.47 Å². The van der Waals surface area contributed by atoms with E-state index in [0.29, 0.717) is 23.1 Å². The zero-order chi connectivity index (χ0) is 26.0. The van der Waals surface area contributed by atoms with Crippen LogP contribution in [0.3, 0.4) is 0 Å². The third-order valence-electron chi connectivity index (χ3n) is 5.26. The molecule has 35 heavy (non-hydrogen) atoms. The lowest BCUT2D eigenvalue weighted by atomic mass is 9.92. The van der Waals surface area contributed by atoms with Gasteiger partial charge in [-0.1, -0.05) is 39.3 Å². The Labute approximate surface area is 209 Å². The van der Waals surface area contributed by atoms with Gasteiger partial charge in [0.25, 0.3) is 0 Å². The average Bonchev–Trinajstić information content (AvgIpc) is 3.16. The van der Waals surface area contributed by atoms with Crippen LogP contribution >= 0.6 is 11.6 Å². The van der Waals surface area contributed by atoms with Crippen LogP contribution in [0, 0.1) is 5.41 Å². The Balaban J connectivity index is 2.08. The smallest absolute Gasteiger partial charge is 0.245 e. The van der Waals surface area contributed by atoms with E-state index >= 15 is 0 Å². The summed E-state index contributed by atoms with van der Waals surface area (Å²) >= 11 is 5.86. The van der Waals surface area contributed by atoms with Crippen LogP contribution in [-0.4, -0.2) is 62.6 Å². The van der Waals surface area contributed by atoms with E-state index in [1.807, 2.05) is 20.8 Å². The first kappa shape index (κ1) is 26.5. The van der Waals surface area contributed by atoms with Crippen LogP contribution in [0.15, 0.2) is 18.7 Å². The van der Waals surface area contributed by atoms with E-state index in [1.165, 1.54) is 37.5 Å². The van der Waals surface area contributed by atoms with E-state index in [2.05, 4.69) is 34.9 Å². The molecule has 0 aliphatic carbocycles. The number of anilines is 1. The van der Waals surface area contributed by atoms with Crippen molar-refractivity contribution in [2.75, 3.05) is 18.9 Å². The quantitative estimate of drug-likeness (QED) is 0.442. The maximum Gasteiger partial charge on any atom is 0.245 e. The molecule has 0 aliphatic rings. The predicted molar refractivity (Wildman–Crippen MR) is 131 cm³/mol. The Morgan fingerprint density at radius 3 is 2.11 bits per heavy atom. The lowest BCUT2D eigenvalue weighted by Gasteiger charge is -2.22. The van der Waals surface area contributed by atoms with Crippen LogP contribution in [0.5, 0.6) is 11.8 Å². The van der Waals surface area contributed by atoms with Gasteiger partial charge in [0, 0.05) is 24.7 Å². The molecule has 3 rings (SSSR count). The number of aromatic nitrogens is 7. The van der Waals surface area contributed by atoms with E-state index in [0.717, 1.165) is 0 Å². The van der Waals surface area contributed by atoms with Crippen molar-refractivity contribution in [3.63, 3.8) is 0 Å². The summed E-state index contributed by atoms with van der Waals surface area (Å²) < 4.78 is 41.7. The highest BCUT2D eigenvalue weighted by Gasteiger charge is 2.33. The van der Waals surface area contributed by atoms with Crippen LogP contribution < -0.4 is 14.2 Å². The Morgan fingerprint density at radius 2 is 1.60 bits per heavy atom. The number of ether oxygens (including phenoxy) is 2. The van der Waals surface area contributed by atoms with Crippen LogP contribution in [0.2, 0.25) is 5.02 Å². The summed E-state index contributed by atoms with van der Waals surface area (Å²) in [6.45, 7) is 9.37. The monoisotopic (exact) mass is 524 g/mol. The van der Waals surface area contributed by atoms with E-state index in [1.54, 1.807) is 13.8 Å². The molecule has 0 radical (unpaired) electrons. The van der Waals surface area contributed by atoms with E-state index in [4.69, 9.17) is 21.1 Å². The Hall–Kier alpha value is -3.06. The maximum absolute atomic E-state index is 13.4. The van der Waals surface area contributed by atoms with Gasteiger partial charge in [-0.25, -0.2) is 18.4 Å². The standard InChI is InChI=1S/C21H29ClN8O4S/c1-12(17-23-9-14(22)10-24-17)13(2)35(31,32)29-20-28-27-15(8-21(3,4)5)30(20)16-18(33-6)25-11-26-19(16)34-7/h9-13H,8H2,1-7H3,(H,28,29). The Kier molecular flexibility index (Phi) is 7.80. The minimum absolute atomic E-state index is 0.0493.